The van der Waals surface area contributed by atoms with Gasteiger partial charge >= 0.3 is 6.18 Å². The van der Waals surface area contributed by atoms with Gasteiger partial charge in [0.25, 0.3) is 0 Å². The van der Waals surface area contributed by atoms with Gasteiger partial charge in [0.1, 0.15) is 12.4 Å². The molecule has 0 amide bonds. The Labute approximate surface area is 126 Å². The fraction of sp³-hybridized carbons (Fsp3) is 0.400. The molecule has 0 atom stereocenters. The first-order valence-electron chi connectivity index (χ1n) is 7.06. The smallest absolute Gasteiger partial charge is 0.371 e. The van der Waals surface area contributed by atoms with E-state index in [2.05, 4.69) is 14.8 Å². The average molecular weight is 310 g/mol. The molecule has 0 saturated carbocycles. The van der Waals surface area contributed by atoms with E-state index in [1.807, 2.05) is 31.3 Å². The van der Waals surface area contributed by atoms with Gasteiger partial charge in [0.15, 0.2) is 0 Å². The van der Waals surface area contributed by atoms with Crippen molar-refractivity contribution in [3.05, 3.63) is 42.5 Å². The standard InChI is InChI=1S/C15H17F3N4/c1-20-8-9-21(13-5-3-2-4-12(13)20)10-14-19-6-7-22(14)11-15(16,17)18/h2-7H,8-11H2,1H3. The largest absolute Gasteiger partial charge is 0.406 e. The number of nitrogens with zero attached hydrogens (tertiary/aromatic N) is 4. The number of imidazole rings is 1. The lowest BCUT2D eigenvalue weighted by Gasteiger charge is -2.36. The Morgan fingerprint density at radius 2 is 1.86 bits per heavy atom. The summed E-state index contributed by atoms with van der Waals surface area (Å²) in [4.78, 5) is 8.31. The van der Waals surface area contributed by atoms with Crippen LogP contribution in [0.4, 0.5) is 24.5 Å². The molecule has 4 nitrogen and oxygen atoms in total. The number of hydrogen-bond donors (Lipinski definition) is 0. The lowest BCUT2D eigenvalue weighted by Crippen LogP contribution is -2.39. The number of para-hydroxylation sites is 2. The number of fused-ring (bicyclic) bond motifs is 1. The molecule has 2 aromatic rings. The number of benzene rings is 1. The highest BCUT2D eigenvalue weighted by Crippen LogP contribution is 2.32. The van der Waals surface area contributed by atoms with Gasteiger partial charge in [-0.05, 0) is 12.1 Å². The third-order valence-electron chi connectivity index (χ3n) is 3.82. The Morgan fingerprint density at radius 1 is 1.14 bits per heavy atom. The van der Waals surface area contributed by atoms with Crippen LogP contribution < -0.4 is 9.80 Å². The maximum Gasteiger partial charge on any atom is 0.406 e. The lowest BCUT2D eigenvalue weighted by atomic mass is 10.1. The van der Waals surface area contributed by atoms with E-state index in [1.165, 1.54) is 17.0 Å². The fourth-order valence-corrected chi connectivity index (χ4v) is 2.73. The molecule has 1 aromatic heterocycles. The second-order valence-electron chi connectivity index (χ2n) is 5.42. The Morgan fingerprint density at radius 3 is 2.59 bits per heavy atom. The molecule has 7 heteroatoms. The van der Waals surface area contributed by atoms with Crippen molar-refractivity contribution in [1.29, 1.82) is 0 Å². The van der Waals surface area contributed by atoms with Crippen LogP contribution in [0.1, 0.15) is 5.82 Å². The van der Waals surface area contributed by atoms with Crippen LogP contribution in [0.15, 0.2) is 36.7 Å². The second kappa shape index (κ2) is 5.55. The molecule has 1 aromatic carbocycles. The van der Waals surface area contributed by atoms with E-state index in [-0.39, 0.29) is 0 Å². The summed E-state index contributed by atoms with van der Waals surface area (Å²) in [5, 5.41) is 0. The Bertz CT molecular complexity index is 650. The molecule has 3 rings (SSSR count). The van der Waals surface area contributed by atoms with Crippen molar-refractivity contribution in [3.63, 3.8) is 0 Å². The van der Waals surface area contributed by atoms with E-state index in [0.29, 0.717) is 12.4 Å². The zero-order valence-corrected chi connectivity index (χ0v) is 12.2. The van der Waals surface area contributed by atoms with Gasteiger partial charge in [0.05, 0.1) is 17.9 Å². The van der Waals surface area contributed by atoms with Crippen LogP contribution in [0.3, 0.4) is 0 Å². The molecule has 0 spiro atoms. The first kappa shape index (κ1) is 14.7. The number of hydrogen-bond acceptors (Lipinski definition) is 3. The molecule has 1 aliphatic heterocycles. The predicted octanol–water partition coefficient (Wildman–Crippen LogP) is 2.90. The Balaban J connectivity index is 1.83. The van der Waals surface area contributed by atoms with Crippen LogP contribution in [0.2, 0.25) is 0 Å². The summed E-state index contributed by atoms with van der Waals surface area (Å²) in [6.07, 6.45) is -1.44. The molecule has 0 bridgehead atoms. The maximum atomic E-state index is 12.6. The van der Waals surface area contributed by atoms with E-state index < -0.39 is 12.7 Å². The summed E-state index contributed by atoms with van der Waals surface area (Å²) < 4.78 is 39.0. The van der Waals surface area contributed by atoms with Gasteiger partial charge in [-0.25, -0.2) is 4.98 Å². The van der Waals surface area contributed by atoms with Gasteiger partial charge in [0, 0.05) is 32.5 Å². The minimum Gasteiger partial charge on any atom is -0.371 e. The molecule has 1 aliphatic rings. The van der Waals surface area contributed by atoms with E-state index >= 15 is 0 Å². The van der Waals surface area contributed by atoms with Crippen LogP contribution in [0.5, 0.6) is 0 Å². The highest BCUT2D eigenvalue weighted by Gasteiger charge is 2.29. The summed E-state index contributed by atoms with van der Waals surface area (Å²) in [5.74, 6) is 0.427. The van der Waals surface area contributed by atoms with Crippen LogP contribution in [-0.2, 0) is 13.1 Å². The van der Waals surface area contributed by atoms with Gasteiger partial charge in [-0.2, -0.15) is 13.2 Å². The van der Waals surface area contributed by atoms with Crippen molar-refractivity contribution in [2.75, 3.05) is 29.9 Å². The number of rotatable bonds is 3. The SMILES string of the molecule is CN1CCN(Cc2nccn2CC(F)(F)F)c2ccccc21. The summed E-state index contributed by atoms with van der Waals surface area (Å²) in [5.41, 5.74) is 2.11. The molecule has 118 valence electrons. The molecule has 0 N–H and O–H groups in total. The van der Waals surface area contributed by atoms with Gasteiger partial charge < -0.3 is 14.4 Å². The summed E-state index contributed by atoms with van der Waals surface area (Å²) >= 11 is 0. The minimum absolute atomic E-state index is 0.369. The van der Waals surface area contributed by atoms with Crippen molar-refractivity contribution in [2.24, 2.45) is 0 Å². The van der Waals surface area contributed by atoms with Gasteiger partial charge in [0.2, 0.25) is 0 Å². The minimum atomic E-state index is -4.24. The normalized spacial score (nSPS) is 15.1. The van der Waals surface area contributed by atoms with E-state index in [0.717, 1.165) is 24.5 Å². The van der Waals surface area contributed by atoms with Gasteiger partial charge in [-0.3, -0.25) is 0 Å². The first-order chi connectivity index (χ1) is 10.4. The molecular formula is C15H17F3N4. The number of likely N-dealkylation sites (N-methyl/N-ethyl adjacent to an activating group) is 1. The average Bonchev–Trinajstić information content (AvgIpc) is 2.87. The van der Waals surface area contributed by atoms with E-state index in [4.69, 9.17) is 0 Å². The Hall–Kier alpha value is -2.18. The summed E-state index contributed by atoms with van der Waals surface area (Å²) in [7, 11) is 2.01. The number of halogens is 3. The quantitative estimate of drug-likeness (QED) is 0.871. The van der Waals surface area contributed by atoms with E-state index in [9.17, 15) is 13.2 Å². The van der Waals surface area contributed by atoms with E-state index in [1.54, 1.807) is 0 Å². The van der Waals surface area contributed by atoms with Crippen molar-refractivity contribution in [3.8, 4) is 0 Å². The monoisotopic (exact) mass is 310 g/mol. The molecule has 2 heterocycles. The van der Waals surface area contributed by atoms with Crippen LogP contribution in [0.25, 0.3) is 0 Å². The molecule has 0 radical (unpaired) electrons. The van der Waals surface area contributed by atoms with Crippen LogP contribution >= 0.6 is 0 Å². The van der Waals surface area contributed by atoms with Crippen LogP contribution in [0, 0.1) is 0 Å². The third-order valence-corrected chi connectivity index (χ3v) is 3.82. The van der Waals surface area contributed by atoms with Crippen LogP contribution in [-0.4, -0.2) is 35.9 Å². The molecule has 0 fully saturated rings. The molecule has 0 unspecified atom stereocenters. The van der Waals surface area contributed by atoms with Gasteiger partial charge in [-0.15, -0.1) is 0 Å². The number of aromatic nitrogens is 2. The first-order valence-corrected chi connectivity index (χ1v) is 7.06. The zero-order chi connectivity index (χ0) is 15.7. The summed E-state index contributed by atoms with van der Waals surface area (Å²) in [6, 6.07) is 7.91. The second-order valence-corrected chi connectivity index (χ2v) is 5.42. The van der Waals surface area contributed by atoms with Crippen molar-refractivity contribution in [2.45, 2.75) is 19.3 Å². The van der Waals surface area contributed by atoms with Crippen molar-refractivity contribution in [1.82, 2.24) is 9.55 Å². The van der Waals surface area contributed by atoms with Gasteiger partial charge in [-0.1, -0.05) is 12.1 Å². The molecule has 0 aliphatic carbocycles. The van der Waals surface area contributed by atoms with Crippen molar-refractivity contribution >= 4 is 11.4 Å². The topological polar surface area (TPSA) is 24.3 Å². The highest BCUT2D eigenvalue weighted by atomic mass is 19.4. The zero-order valence-electron chi connectivity index (χ0n) is 12.2. The molecular weight excluding hydrogens is 293 g/mol. The molecule has 0 saturated heterocycles. The fourth-order valence-electron chi connectivity index (χ4n) is 2.73. The summed E-state index contributed by atoms with van der Waals surface area (Å²) in [6.45, 7) is 0.953. The highest BCUT2D eigenvalue weighted by molar-refractivity contribution is 5.72. The molecule has 22 heavy (non-hydrogen) atoms. The van der Waals surface area contributed by atoms with Crippen molar-refractivity contribution < 1.29 is 13.2 Å². The number of anilines is 2. The Kier molecular flexibility index (Phi) is 3.72. The number of alkyl halides is 3. The predicted molar refractivity (Wildman–Crippen MR) is 79.0 cm³/mol. The lowest BCUT2D eigenvalue weighted by molar-refractivity contribution is -0.141. The third kappa shape index (κ3) is 3.03. The maximum absolute atomic E-state index is 12.6.